The molecule has 1 N–H and O–H groups in total. The van der Waals surface area contributed by atoms with Crippen LogP contribution in [0.25, 0.3) is 0 Å². The summed E-state index contributed by atoms with van der Waals surface area (Å²) >= 11 is 0. The minimum absolute atomic E-state index is 0.396. The summed E-state index contributed by atoms with van der Waals surface area (Å²) in [7, 11) is 2.01. The molecule has 0 spiro atoms. The largest absolute Gasteiger partial charge is 0.376 e. The van der Waals surface area contributed by atoms with Gasteiger partial charge in [-0.15, -0.1) is 0 Å². The number of hydrogen-bond acceptors (Lipinski definition) is 3. The summed E-state index contributed by atoms with van der Waals surface area (Å²) in [4.78, 5) is 2.50. The molecule has 3 heteroatoms. The normalized spacial score (nSPS) is 19.4. The zero-order valence-corrected chi connectivity index (χ0v) is 13.1. The first kappa shape index (κ1) is 15.3. The fraction of sp³-hybridized carbons (Fsp3) is 0.647. The summed E-state index contributed by atoms with van der Waals surface area (Å²) in [6.45, 7) is 8.31. The van der Waals surface area contributed by atoms with Crippen molar-refractivity contribution in [3.05, 3.63) is 29.3 Å². The molecule has 1 heterocycles. The summed E-state index contributed by atoms with van der Waals surface area (Å²) in [6, 6.07) is 6.78. The van der Waals surface area contributed by atoms with Crippen molar-refractivity contribution >= 4 is 5.69 Å². The van der Waals surface area contributed by atoms with Crippen molar-refractivity contribution in [1.82, 2.24) is 5.32 Å². The van der Waals surface area contributed by atoms with Crippen LogP contribution in [0, 0.1) is 6.92 Å². The van der Waals surface area contributed by atoms with E-state index >= 15 is 0 Å². The maximum Gasteiger partial charge on any atom is 0.0750 e. The topological polar surface area (TPSA) is 24.5 Å². The number of anilines is 1. The molecule has 1 aliphatic heterocycles. The molecule has 3 nitrogen and oxygen atoms in total. The average Bonchev–Trinajstić information content (AvgIpc) is 2.46. The molecule has 0 aliphatic carbocycles. The highest BCUT2D eigenvalue weighted by atomic mass is 16.5. The van der Waals surface area contributed by atoms with E-state index in [0.29, 0.717) is 6.10 Å². The molecule has 1 atom stereocenters. The van der Waals surface area contributed by atoms with Crippen LogP contribution in [0.4, 0.5) is 5.69 Å². The number of piperidine rings is 1. The molecule has 0 amide bonds. The highest BCUT2D eigenvalue weighted by Gasteiger charge is 2.21. The van der Waals surface area contributed by atoms with Gasteiger partial charge in [-0.05, 0) is 44.9 Å². The Hall–Kier alpha value is -1.06. The first-order chi connectivity index (χ1) is 9.74. The second kappa shape index (κ2) is 7.65. The molecule has 1 aromatic rings. The first-order valence-electron chi connectivity index (χ1n) is 7.85. The number of nitrogens with one attached hydrogen (secondary N) is 1. The molecule has 112 valence electrons. The molecule has 0 aromatic heterocycles. The predicted octanol–water partition coefficient (Wildman–Crippen LogP) is 3.11. The Bertz CT molecular complexity index is 419. The van der Waals surface area contributed by atoms with Gasteiger partial charge in [0.25, 0.3) is 0 Å². The minimum atomic E-state index is 0.396. The lowest BCUT2D eigenvalue weighted by atomic mass is 10.0. The van der Waals surface area contributed by atoms with Crippen LogP contribution in [0.2, 0.25) is 0 Å². The quantitative estimate of drug-likeness (QED) is 0.864. The number of hydrogen-bond donors (Lipinski definition) is 1. The molecule has 1 aromatic carbocycles. The maximum absolute atomic E-state index is 5.95. The van der Waals surface area contributed by atoms with E-state index in [1.807, 2.05) is 7.05 Å². The molecular formula is C17H28N2O. The number of aryl methyl sites for hydroxylation is 1. The fourth-order valence-corrected chi connectivity index (χ4v) is 2.93. The molecule has 0 radical (unpaired) electrons. The van der Waals surface area contributed by atoms with Crippen molar-refractivity contribution in [3.63, 3.8) is 0 Å². The van der Waals surface area contributed by atoms with Gasteiger partial charge in [0.15, 0.2) is 0 Å². The Labute approximate surface area is 123 Å². The van der Waals surface area contributed by atoms with Crippen LogP contribution in [-0.2, 0) is 11.3 Å². The third-order valence-electron chi connectivity index (χ3n) is 3.88. The Kier molecular flexibility index (Phi) is 5.86. The highest BCUT2D eigenvalue weighted by molar-refractivity contribution is 5.55. The van der Waals surface area contributed by atoms with Crippen molar-refractivity contribution in [3.8, 4) is 0 Å². The van der Waals surface area contributed by atoms with Crippen molar-refractivity contribution < 1.29 is 4.74 Å². The molecule has 2 rings (SSSR count). The van der Waals surface area contributed by atoms with Crippen LogP contribution in [0.1, 0.15) is 37.3 Å². The predicted molar refractivity (Wildman–Crippen MR) is 85.4 cm³/mol. The second-order valence-corrected chi connectivity index (χ2v) is 5.74. The lowest BCUT2D eigenvalue weighted by molar-refractivity contribution is 0.0440. The van der Waals surface area contributed by atoms with E-state index in [1.54, 1.807) is 0 Å². The highest BCUT2D eigenvalue weighted by Crippen LogP contribution is 2.26. The van der Waals surface area contributed by atoms with Crippen molar-refractivity contribution in [2.45, 2.75) is 45.8 Å². The third kappa shape index (κ3) is 3.97. The van der Waals surface area contributed by atoms with Crippen LogP contribution < -0.4 is 10.2 Å². The lowest BCUT2D eigenvalue weighted by Crippen LogP contribution is -2.40. The molecule has 0 bridgehead atoms. The molecule has 1 aliphatic rings. The Morgan fingerprint density at radius 2 is 2.25 bits per heavy atom. The summed E-state index contributed by atoms with van der Waals surface area (Å²) in [5.41, 5.74) is 4.09. The van der Waals surface area contributed by atoms with Crippen LogP contribution >= 0.6 is 0 Å². The van der Waals surface area contributed by atoms with Gasteiger partial charge in [0.2, 0.25) is 0 Å². The van der Waals surface area contributed by atoms with E-state index in [9.17, 15) is 0 Å². The minimum Gasteiger partial charge on any atom is -0.376 e. The molecule has 0 saturated carbocycles. The van der Waals surface area contributed by atoms with Gasteiger partial charge in [-0.2, -0.15) is 0 Å². The smallest absolute Gasteiger partial charge is 0.0750 e. The second-order valence-electron chi connectivity index (χ2n) is 5.74. The molecule has 20 heavy (non-hydrogen) atoms. The van der Waals surface area contributed by atoms with Crippen LogP contribution in [0.3, 0.4) is 0 Å². The van der Waals surface area contributed by atoms with Gasteiger partial charge in [0, 0.05) is 31.9 Å². The number of benzene rings is 1. The van der Waals surface area contributed by atoms with Gasteiger partial charge in [-0.25, -0.2) is 0 Å². The monoisotopic (exact) mass is 276 g/mol. The van der Waals surface area contributed by atoms with Gasteiger partial charge in [0.05, 0.1) is 6.10 Å². The Morgan fingerprint density at radius 1 is 1.40 bits per heavy atom. The van der Waals surface area contributed by atoms with Crippen molar-refractivity contribution in [2.24, 2.45) is 0 Å². The van der Waals surface area contributed by atoms with Gasteiger partial charge < -0.3 is 15.0 Å². The summed E-state index contributed by atoms with van der Waals surface area (Å²) in [5, 5.41) is 3.28. The SMILES string of the molecule is CCCOC1CCCN(c2ccc(C)cc2CNC)C1. The van der Waals surface area contributed by atoms with Gasteiger partial charge in [0.1, 0.15) is 0 Å². The van der Waals surface area contributed by atoms with E-state index in [2.05, 4.69) is 42.3 Å². The van der Waals surface area contributed by atoms with Gasteiger partial charge in [-0.3, -0.25) is 0 Å². The van der Waals surface area contributed by atoms with E-state index in [4.69, 9.17) is 4.74 Å². The number of nitrogens with zero attached hydrogens (tertiary/aromatic N) is 1. The van der Waals surface area contributed by atoms with Gasteiger partial charge >= 0.3 is 0 Å². The van der Waals surface area contributed by atoms with E-state index in [0.717, 1.165) is 32.7 Å². The third-order valence-corrected chi connectivity index (χ3v) is 3.88. The van der Waals surface area contributed by atoms with E-state index < -0.39 is 0 Å². The number of ether oxygens (including phenoxy) is 1. The van der Waals surface area contributed by atoms with Crippen molar-refractivity contribution in [1.29, 1.82) is 0 Å². The molecule has 1 unspecified atom stereocenters. The zero-order chi connectivity index (χ0) is 14.4. The van der Waals surface area contributed by atoms with E-state index in [-0.39, 0.29) is 0 Å². The summed E-state index contributed by atoms with van der Waals surface area (Å²) < 4.78 is 5.95. The van der Waals surface area contributed by atoms with Crippen LogP contribution in [0.5, 0.6) is 0 Å². The number of rotatable bonds is 6. The Morgan fingerprint density at radius 3 is 3.00 bits per heavy atom. The van der Waals surface area contributed by atoms with Crippen molar-refractivity contribution in [2.75, 3.05) is 31.6 Å². The molecular weight excluding hydrogens is 248 g/mol. The molecule has 1 saturated heterocycles. The first-order valence-corrected chi connectivity index (χ1v) is 7.85. The zero-order valence-electron chi connectivity index (χ0n) is 13.1. The van der Waals surface area contributed by atoms with Gasteiger partial charge in [-0.1, -0.05) is 24.6 Å². The van der Waals surface area contributed by atoms with Crippen LogP contribution in [-0.4, -0.2) is 32.8 Å². The fourth-order valence-electron chi connectivity index (χ4n) is 2.93. The maximum atomic E-state index is 5.95. The summed E-state index contributed by atoms with van der Waals surface area (Å²) in [5.74, 6) is 0. The molecule has 1 fully saturated rings. The standard InChI is InChI=1S/C17H28N2O/c1-4-10-20-16-6-5-9-19(13-16)17-8-7-14(2)11-15(17)12-18-3/h7-8,11,16,18H,4-6,9-10,12-13H2,1-3H3. The van der Waals surface area contributed by atoms with Crippen LogP contribution in [0.15, 0.2) is 18.2 Å². The Balaban J connectivity index is 2.09. The lowest BCUT2D eigenvalue weighted by Gasteiger charge is -2.35. The summed E-state index contributed by atoms with van der Waals surface area (Å²) in [6.07, 6.45) is 3.92. The van der Waals surface area contributed by atoms with E-state index in [1.165, 1.54) is 29.7 Å². The average molecular weight is 276 g/mol.